The summed E-state index contributed by atoms with van der Waals surface area (Å²) in [7, 11) is 4.13. The topological polar surface area (TPSA) is 44.6 Å². The molecule has 0 bridgehead atoms. The summed E-state index contributed by atoms with van der Waals surface area (Å²) in [6.45, 7) is 6.14. The van der Waals surface area contributed by atoms with Crippen molar-refractivity contribution in [3.8, 4) is 0 Å². The predicted molar refractivity (Wildman–Crippen MR) is 85.4 cm³/mol. The first-order valence-corrected chi connectivity index (χ1v) is 8.29. The predicted octanol–water partition coefficient (Wildman–Crippen LogP) is 0.720. The number of imidazole rings is 1. The van der Waals surface area contributed by atoms with Crippen molar-refractivity contribution in [1.29, 1.82) is 0 Å². The minimum Gasteiger partial charge on any atom is -0.338 e. The normalized spacial score (nSPS) is 23.3. The van der Waals surface area contributed by atoms with Crippen molar-refractivity contribution in [2.75, 3.05) is 39.8 Å². The van der Waals surface area contributed by atoms with E-state index in [1.807, 2.05) is 24.3 Å². The zero-order valence-electron chi connectivity index (χ0n) is 13.9. The molecule has 2 heterocycles. The third-order valence-corrected chi connectivity index (χ3v) is 4.97. The molecule has 1 aliphatic carbocycles. The van der Waals surface area contributed by atoms with Gasteiger partial charge in [0.2, 0.25) is 5.91 Å². The van der Waals surface area contributed by atoms with Gasteiger partial charge in [-0.15, -0.1) is 0 Å². The van der Waals surface area contributed by atoms with E-state index in [0.29, 0.717) is 12.6 Å². The van der Waals surface area contributed by atoms with Crippen molar-refractivity contribution in [3.63, 3.8) is 0 Å². The quantitative estimate of drug-likeness (QED) is 0.804. The van der Waals surface area contributed by atoms with Gasteiger partial charge in [0.25, 0.3) is 0 Å². The molecule has 3 rings (SSSR count). The van der Waals surface area contributed by atoms with E-state index in [2.05, 4.69) is 33.3 Å². The van der Waals surface area contributed by atoms with Crippen LogP contribution in [0.15, 0.2) is 12.4 Å². The van der Waals surface area contributed by atoms with E-state index < -0.39 is 0 Å². The Morgan fingerprint density at radius 1 is 1.36 bits per heavy atom. The average molecular weight is 305 g/mol. The summed E-state index contributed by atoms with van der Waals surface area (Å²) in [6, 6.07) is 0.834. The Balaban J connectivity index is 1.64. The molecular weight excluding hydrogens is 278 g/mol. The lowest BCUT2D eigenvalue weighted by molar-refractivity contribution is -0.135. The highest BCUT2D eigenvalue weighted by molar-refractivity contribution is 5.78. The van der Waals surface area contributed by atoms with Gasteiger partial charge in [-0.25, -0.2) is 4.98 Å². The fourth-order valence-electron chi connectivity index (χ4n) is 3.29. The molecule has 1 aromatic rings. The molecule has 2 aliphatic rings. The number of piperazine rings is 1. The van der Waals surface area contributed by atoms with Crippen LogP contribution in [0.4, 0.5) is 0 Å². The number of hydrogen-bond acceptors (Lipinski definition) is 4. The number of aryl methyl sites for hydroxylation is 1. The van der Waals surface area contributed by atoms with Gasteiger partial charge in [0.05, 0.1) is 12.6 Å². The Labute approximate surface area is 132 Å². The van der Waals surface area contributed by atoms with Crippen LogP contribution in [-0.2, 0) is 11.8 Å². The SMILES string of the molecule is CCN(CC(=O)N1CCN(C)C(c2nccn2C)C1)C1CC1. The van der Waals surface area contributed by atoms with Gasteiger partial charge in [-0.1, -0.05) is 6.92 Å². The fourth-order valence-corrected chi connectivity index (χ4v) is 3.29. The first kappa shape index (κ1) is 15.5. The van der Waals surface area contributed by atoms with Crippen LogP contribution in [0.25, 0.3) is 0 Å². The first-order chi connectivity index (χ1) is 10.6. The van der Waals surface area contributed by atoms with Gasteiger partial charge in [-0.2, -0.15) is 0 Å². The Morgan fingerprint density at radius 2 is 2.14 bits per heavy atom. The number of likely N-dealkylation sites (N-methyl/N-ethyl adjacent to an activating group) is 2. The Morgan fingerprint density at radius 3 is 2.73 bits per heavy atom. The van der Waals surface area contributed by atoms with Crippen LogP contribution in [-0.4, -0.2) is 76.0 Å². The minimum atomic E-state index is 0.189. The number of carbonyl (C=O) groups is 1. The zero-order chi connectivity index (χ0) is 15.7. The van der Waals surface area contributed by atoms with Gasteiger partial charge < -0.3 is 9.47 Å². The molecule has 1 atom stereocenters. The lowest BCUT2D eigenvalue weighted by Gasteiger charge is -2.39. The van der Waals surface area contributed by atoms with E-state index in [1.54, 1.807) is 0 Å². The maximum atomic E-state index is 12.6. The van der Waals surface area contributed by atoms with Crippen LogP contribution in [0.2, 0.25) is 0 Å². The zero-order valence-corrected chi connectivity index (χ0v) is 13.9. The number of rotatable bonds is 5. The molecule has 22 heavy (non-hydrogen) atoms. The molecule has 122 valence electrons. The molecule has 1 unspecified atom stereocenters. The maximum absolute atomic E-state index is 12.6. The molecule has 0 aromatic carbocycles. The molecule has 6 heteroatoms. The van der Waals surface area contributed by atoms with Gasteiger partial charge in [-0.05, 0) is 26.4 Å². The van der Waals surface area contributed by atoms with E-state index in [1.165, 1.54) is 12.8 Å². The molecule has 0 spiro atoms. The number of aromatic nitrogens is 2. The molecule has 1 amide bonds. The van der Waals surface area contributed by atoms with Crippen molar-refractivity contribution in [2.45, 2.75) is 31.8 Å². The summed E-state index contributed by atoms with van der Waals surface area (Å²) in [5.41, 5.74) is 0. The molecule has 2 fully saturated rings. The van der Waals surface area contributed by atoms with E-state index in [0.717, 1.165) is 32.0 Å². The van der Waals surface area contributed by atoms with Crippen LogP contribution >= 0.6 is 0 Å². The summed E-state index contributed by atoms with van der Waals surface area (Å²) in [5.74, 6) is 1.30. The third-order valence-electron chi connectivity index (χ3n) is 4.97. The summed E-state index contributed by atoms with van der Waals surface area (Å²) in [4.78, 5) is 23.7. The van der Waals surface area contributed by atoms with Crippen molar-refractivity contribution < 1.29 is 4.79 Å². The highest BCUT2D eigenvalue weighted by atomic mass is 16.2. The van der Waals surface area contributed by atoms with Crippen LogP contribution < -0.4 is 0 Å². The van der Waals surface area contributed by atoms with Crippen molar-refractivity contribution in [2.24, 2.45) is 7.05 Å². The number of carbonyl (C=O) groups excluding carboxylic acids is 1. The Kier molecular flexibility index (Phi) is 4.49. The number of nitrogens with zero attached hydrogens (tertiary/aromatic N) is 5. The molecule has 1 aromatic heterocycles. The second-order valence-electron chi connectivity index (χ2n) is 6.53. The molecule has 1 saturated heterocycles. The molecule has 1 aliphatic heterocycles. The summed E-state index contributed by atoms with van der Waals surface area (Å²) in [6.07, 6.45) is 6.30. The fraction of sp³-hybridized carbons (Fsp3) is 0.750. The van der Waals surface area contributed by atoms with Gasteiger partial charge >= 0.3 is 0 Å². The van der Waals surface area contributed by atoms with Crippen molar-refractivity contribution in [3.05, 3.63) is 18.2 Å². The van der Waals surface area contributed by atoms with Crippen molar-refractivity contribution in [1.82, 2.24) is 24.3 Å². The third kappa shape index (κ3) is 3.17. The smallest absolute Gasteiger partial charge is 0.236 e. The van der Waals surface area contributed by atoms with E-state index in [4.69, 9.17) is 0 Å². The molecular formula is C16H27N5O. The highest BCUT2D eigenvalue weighted by Gasteiger charge is 2.33. The maximum Gasteiger partial charge on any atom is 0.236 e. The standard InChI is InChI=1S/C16H27N5O/c1-4-20(13-5-6-13)12-15(22)21-10-9-18(2)14(11-21)16-17-7-8-19(16)3/h7-8,13-14H,4-6,9-12H2,1-3H3. The largest absolute Gasteiger partial charge is 0.338 e. The second kappa shape index (κ2) is 6.38. The average Bonchev–Trinajstić information content (AvgIpc) is 3.27. The van der Waals surface area contributed by atoms with E-state index >= 15 is 0 Å². The van der Waals surface area contributed by atoms with Gasteiger partial charge in [-0.3, -0.25) is 14.6 Å². The molecule has 6 nitrogen and oxygen atoms in total. The Hall–Kier alpha value is -1.40. The van der Waals surface area contributed by atoms with Crippen LogP contribution in [0.3, 0.4) is 0 Å². The summed E-state index contributed by atoms with van der Waals surface area (Å²) < 4.78 is 2.05. The van der Waals surface area contributed by atoms with Gasteiger partial charge in [0.15, 0.2) is 0 Å². The second-order valence-corrected chi connectivity index (χ2v) is 6.53. The van der Waals surface area contributed by atoms with Gasteiger partial charge in [0, 0.05) is 45.1 Å². The first-order valence-electron chi connectivity index (χ1n) is 8.29. The number of amides is 1. The van der Waals surface area contributed by atoms with E-state index in [9.17, 15) is 4.79 Å². The van der Waals surface area contributed by atoms with Gasteiger partial charge in [0.1, 0.15) is 5.82 Å². The number of hydrogen-bond donors (Lipinski definition) is 0. The monoisotopic (exact) mass is 305 g/mol. The summed E-state index contributed by atoms with van der Waals surface area (Å²) in [5, 5.41) is 0. The van der Waals surface area contributed by atoms with Crippen LogP contribution in [0, 0.1) is 0 Å². The lowest BCUT2D eigenvalue weighted by atomic mass is 10.1. The van der Waals surface area contributed by atoms with E-state index in [-0.39, 0.29) is 11.9 Å². The molecule has 1 saturated carbocycles. The lowest BCUT2D eigenvalue weighted by Crippen LogP contribution is -2.52. The molecule has 0 radical (unpaired) electrons. The van der Waals surface area contributed by atoms with Crippen LogP contribution in [0.5, 0.6) is 0 Å². The minimum absolute atomic E-state index is 0.189. The van der Waals surface area contributed by atoms with Crippen molar-refractivity contribution >= 4 is 5.91 Å². The summed E-state index contributed by atoms with van der Waals surface area (Å²) >= 11 is 0. The Bertz CT molecular complexity index is 524. The van der Waals surface area contributed by atoms with Crippen LogP contribution in [0.1, 0.15) is 31.6 Å². The highest BCUT2D eigenvalue weighted by Crippen LogP contribution is 2.27. The molecule has 0 N–H and O–H groups in total.